The first-order chi connectivity index (χ1) is 13.5. The number of hydrogen-bond acceptors (Lipinski definition) is 6. The van der Waals surface area contributed by atoms with Gasteiger partial charge in [-0.2, -0.15) is 4.98 Å². The van der Waals surface area contributed by atoms with E-state index in [1.165, 1.54) is 46.9 Å². The summed E-state index contributed by atoms with van der Waals surface area (Å²) in [6.07, 6.45) is 3.61. The van der Waals surface area contributed by atoms with E-state index < -0.39 is 11.7 Å². The zero-order valence-corrected chi connectivity index (χ0v) is 16.2. The summed E-state index contributed by atoms with van der Waals surface area (Å²) in [5, 5.41) is 3.27. The van der Waals surface area contributed by atoms with Crippen molar-refractivity contribution < 1.29 is 9.18 Å². The van der Waals surface area contributed by atoms with E-state index in [-0.39, 0.29) is 17.8 Å². The van der Waals surface area contributed by atoms with Crippen LogP contribution in [0.25, 0.3) is 10.3 Å². The van der Waals surface area contributed by atoms with Crippen LogP contribution < -0.4 is 15.8 Å². The number of aromatic nitrogens is 3. The van der Waals surface area contributed by atoms with Gasteiger partial charge in [0, 0.05) is 13.1 Å². The average molecular weight is 401 g/mol. The molecular formula is C19H20FN5O2S. The van der Waals surface area contributed by atoms with Crippen molar-refractivity contribution >= 4 is 38.4 Å². The molecule has 0 unspecified atom stereocenters. The monoisotopic (exact) mass is 401 g/mol. The van der Waals surface area contributed by atoms with Crippen LogP contribution in [0.1, 0.15) is 19.8 Å². The van der Waals surface area contributed by atoms with Crippen LogP contribution >= 0.6 is 11.3 Å². The lowest BCUT2D eigenvalue weighted by molar-refractivity contribution is -0.116. The molecule has 1 saturated heterocycles. The molecule has 3 aromatic rings. The highest BCUT2D eigenvalue weighted by Gasteiger charge is 2.21. The molecule has 1 aliphatic heterocycles. The SMILES string of the molecule is C[C@H]1CCCN(c2nc3ncn(CC(=O)Nc4ccccc4F)c(=O)c3s2)C1. The molecule has 7 nitrogen and oxygen atoms in total. The normalized spacial score (nSPS) is 17.1. The van der Waals surface area contributed by atoms with Crippen LogP contribution in [0.2, 0.25) is 0 Å². The van der Waals surface area contributed by atoms with E-state index in [1.54, 1.807) is 6.07 Å². The van der Waals surface area contributed by atoms with Crippen LogP contribution in [0.5, 0.6) is 0 Å². The number of nitrogens with zero attached hydrogens (tertiary/aromatic N) is 4. The molecule has 1 aliphatic rings. The molecule has 28 heavy (non-hydrogen) atoms. The van der Waals surface area contributed by atoms with Crippen LogP contribution in [0.15, 0.2) is 35.4 Å². The molecule has 0 spiro atoms. The molecule has 146 valence electrons. The topological polar surface area (TPSA) is 80.1 Å². The number of piperidine rings is 1. The molecule has 0 radical (unpaired) electrons. The van der Waals surface area contributed by atoms with E-state index in [9.17, 15) is 14.0 Å². The van der Waals surface area contributed by atoms with E-state index in [4.69, 9.17) is 0 Å². The molecule has 0 bridgehead atoms. The molecule has 1 fully saturated rings. The lowest BCUT2D eigenvalue weighted by Gasteiger charge is -2.30. The largest absolute Gasteiger partial charge is 0.348 e. The van der Waals surface area contributed by atoms with Crippen molar-refractivity contribution in [3.63, 3.8) is 0 Å². The van der Waals surface area contributed by atoms with Crippen LogP contribution in [-0.2, 0) is 11.3 Å². The first kappa shape index (κ1) is 18.5. The minimum atomic E-state index is -0.528. The Hall–Kier alpha value is -2.81. The molecule has 1 N–H and O–H groups in total. The third kappa shape index (κ3) is 3.75. The van der Waals surface area contributed by atoms with Gasteiger partial charge < -0.3 is 10.2 Å². The quantitative estimate of drug-likeness (QED) is 0.727. The van der Waals surface area contributed by atoms with E-state index in [2.05, 4.69) is 27.1 Å². The smallest absolute Gasteiger partial charge is 0.273 e. The van der Waals surface area contributed by atoms with Crippen molar-refractivity contribution in [3.8, 4) is 0 Å². The number of rotatable bonds is 4. The summed E-state index contributed by atoms with van der Waals surface area (Å²) in [5.74, 6) is -0.435. The third-order valence-electron chi connectivity index (χ3n) is 4.76. The van der Waals surface area contributed by atoms with Gasteiger partial charge in [-0.05, 0) is 30.9 Å². The fourth-order valence-electron chi connectivity index (χ4n) is 3.35. The second-order valence-corrected chi connectivity index (χ2v) is 8.03. The zero-order valence-electron chi connectivity index (χ0n) is 15.4. The molecule has 1 atom stereocenters. The second kappa shape index (κ2) is 7.67. The van der Waals surface area contributed by atoms with Gasteiger partial charge in [0.1, 0.15) is 23.4 Å². The second-order valence-electron chi connectivity index (χ2n) is 7.05. The molecule has 4 rings (SSSR count). The van der Waals surface area contributed by atoms with Crippen LogP contribution in [-0.4, -0.2) is 33.5 Å². The number of hydrogen-bond donors (Lipinski definition) is 1. The van der Waals surface area contributed by atoms with Gasteiger partial charge in [-0.3, -0.25) is 14.2 Å². The lowest BCUT2D eigenvalue weighted by atomic mass is 10.0. The van der Waals surface area contributed by atoms with Crippen LogP contribution in [0.4, 0.5) is 15.2 Å². The fourth-order valence-corrected chi connectivity index (χ4v) is 4.36. The van der Waals surface area contributed by atoms with Crippen molar-refractivity contribution in [1.82, 2.24) is 14.5 Å². The standard InChI is InChI=1S/C19H20FN5O2S/c1-12-5-4-8-24(9-12)19-23-17-16(28-19)18(27)25(11-21-17)10-15(26)22-14-7-3-2-6-13(14)20/h2-3,6-7,11-12H,4-5,8-10H2,1H3,(H,22,26)/t12-/m0/s1. The van der Waals surface area contributed by atoms with Crippen LogP contribution in [0, 0.1) is 11.7 Å². The summed E-state index contributed by atoms with van der Waals surface area (Å²) in [6.45, 7) is 3.80. The maximum atomic E-state index is 13.7. The average Bonchev–Trinajstić information content (AvgIpc) is 3.11. The number of benzene rings is 1. The maximum absolute atomic E-state index is 13.7. The predicted molar refractivity (Wildman–Crippen MR) is 107 cm³/mol. The lowest BCUT2D eigenvalue weighted by Crippen LogP contribution is -2.34. The van der Waals surface area contributed by atoms with Crippen molar-refractivity contribution in [3.05, 3.63) is 46.8 Å². The summed E-state index contributed by atoms with van der Waals surface area (Å²) >= 11 is 1.31. The maximum Gasteiger partial charge on any atom is 0.273 e. The number of anilines is 2. The summed E-state index contributed by atoms with van der Waals surface area (Å²) in [4.78, 5) is 35.9. The molecule has 0 aliphatic carbocycles. The van der Waals surface area contributed by atoms with Gasteiger partial charge in [0.05, 0.1) is 5.69 Å². The zero-order chi connectivity index (χ0) is 19.7. The van der Waals surface area contributed by atoms with E-state index >= 15 is 0 Å². The Morgan fingerprint density at radius 1 is 1.39 bits per heavy atom. The number of thiazole rings is 1. The predicted octanol–water partition coefficient (Wildman–Crippen LogP) is 2.87. The third-order valence-corrected chi connectivity index (χ3v) is 5.86. The number of carbonyl (C=O) groups is 1. The summed E-state index contributed by atoms with van der Waals surface area (Å²) in [7, 11) is 0. The van der Waals surface area contributed by atoms with Gasteiger partial charge in [-0.15, -0.1) is 0 Å². The summed E-state index contributed by atoms with van der Waals surface area (Å²) in [6, 6.07) is 5.89. The minimum Gasteiger partial charge on any atom is -0.348 e. The van der Waals surface area contributed by atoms with Gasteiger partial charge >= 0.3 is 0 Å². The first-order valence-electron chi connectivity index (χ1n) is 9.16. The van der Waals surface area contributed by atoms with Crippen molar-refractivity contribution in [2.75, 3.05) is 23.3 Å². The number of para-hydroxylation sites is 1. The molecule has 3 heterocycles. The molecule has 1 amide bonds. The fraction of sp³-hybridized carbons (Fsp3) is 0.368. The number of halogens is 1. The van der Waals surface area contributed by atoms with Gasteiger partial charge in [-0.25, -0.2) is 9.37 Å². The van der Waals surface area contributed by atoms with Gasteiger partial charge in [-0.1, -0.05) is 30.4 Å². The molecular weight excluding hydrogens is 381 g/mol. The molecule has 1 aromatic carbocycles. The van der Waals surface area contributed by atoms with E-state index in [0.717, 1.165) is 24.6 Å². The molecule has 0 saturated carbocycles. The molecule has 9 heteroatoms. The Morgan fingerprint density at radius 3 is 3.00 bits per heavy atom. The Kier molecular flexibility index (Phi) is 5.08. The number of fused-ring (bicyclic) bond motifs is 1. The Morgan fingerprint density at radius 2 is 2.21 bits per heavy atom. The van der Waals surface area contributed by atoms with E-state index in [1.807, 2.05) is 0 Å². The van der Waals surface area contributed by atoms with Crippen LogP contribution in [0.3, 0.4) is 0 Å². The number of nitrogens with one attached hydrogen (secondary N) is 1. The highest BCUT2D eigenvalue weighted by atomic mass is 32.1. The first-order valence-corrected chi connectivity index (χ1v) is 9.98. The van der Waals surface area contributed by atoms with Gasteiger partial charge in [0.15, 0.2) is 10.8 Å². The van der Waals surface area contributed by atoms with Crippen molar-refractivity contribution in [1.29, 1.82) is 0 Å². The highest BCUT2D eigenvalue weighted by Crippen LogP contribution is 2.29. The van der Waals surface area contributed by atoms with Gasteiger partial charge in [0.25, 0.3) is 5.56 Å². The van der Waals surface area contributed by atoms with Gasteiger partial charge in [0.2, 0.25) is 5.91 Å². The highest BCUT2D eigenvalue weighted by molar-refractivity contribution is 7.22. The Labute approximate surface area is 164 Å². The molecule has 2 aromatic heterocycles. The number of amides is 1. The summed E-state index contributed by atoms with van der Waals surface area (Å²) < 4.78 is 15.3. The summed E-state index contributed by atoms with van der Waals surface area (Å²) in [5.41, 5.74) is 0.158. The minimum absolute atomic E-state index is 0.0777. The van der Waals surface area contributed by atoms with E-state index in [0.29, 0.717) is 16.3 Å². The van der Waals surface area contributed by atoms with Crippen molar-refractivity contribution in [2.45, 2.75) is 26.3 Å². The number of carbonyl (C=O) groups excluding carboxylic acids is 1. The Bertz CT molecular complexity index is 1080. The van der Waals surface area contributed by atoms with Crippen molar-refractivity contribution in [2.24, 2.45) is 5.92 Å². The Balaban J connectivity index is 1.55.